The highest BCUT2D eigenvalue weighted by atomic mass is 35.5. The van der Waals surface area contributed by atoms with Gasteiger partial charge in [0, 0.05) is 6.04 Å². The molecule has 20 heavy (non-hydrogen) atoms. The summed E-state index contributed by atoms with van der Waals surface area (Å²) in [6, 6.07) is 4.00. The minimum atomic E-state index is 0.206. The monoisotopic (exact) mass is 331 g/mol. The molecule has 0 saturated heterocycles. The summed E-state index contributed by atoms with van der Waals surface area (Å²) in [6.45, 7) is 3.23. The van der Waals surface area contributed by atoms with Crippen LogP contribution in [0, 0.1) is 17.8 Å². The second-order valence-electron chi connectivity index (χ2n) is 6.23. The van der Waals surface area contributed by atoms with Crippen molar-refractivity contribution in [2.75, 3.05) is 6.54 Å². The lowest BCUT2D eigenvalue weighted by molar-refractivity contribution is 0.362. The topological polar surface area (TPSA) is 12.0 Å². The first-order chi connectivity index (χ1) is 9.58. The van der Waals surface area contributed by atoms with Crippen LogP contribution in [0.1, 0.15) is 44.2 Å². The van der Waals surface area contributed by atoms with Crippen LogP contribution in [0.4, 0.5) is 0 Å². The minimum Gasteiger partial charge on any atom is -0.310 e. The maximum atomic E-state index is 6.30. The molecule has 1 atom stereocenters. The van der Waals surface area contributed by atoms with Gasteiger partial charge in [-0.25, -0.2) is 0 Å². The number of benzene rings is 1. The molecule has 0 aromatic heterocycles. The van der Waals surface area contributed by atoms with Gasteiger partial charge in [0.1, 0.15) is 0 Å². The van der Waals surface area contributed by atoms with Crippen LogP contribution in [-0.2, 0) is 0 Å². The lowest BCUT2D eigenvalue weighted by atomic mass is 9.97. The van der Waals surface area contributed by atoms with Crippen molar-refractivity contribution in [3.8, 4) is 0 Å². The van der Waals surface area contributed by atoms with Crippen LogP contribution in [0.3, 0.4) is 0 Å². The summed E-state index contributed by atoms with van der Waals surface area (Å²) in [4.78, 5) is 0. The van der Waals surface area contributed by atoms with Gasteiger partial charge in [0.25, 0.3) is 0 Å². The molecular weight excluding hydrogens is 313 g/mol. The van der Waals surface area contributed by atoms with Gasteiger partial charge >= 0.3 is 0 Å². The molecule has 1 N–H and O–H groups in total. The molecule has 0 heterocycles. The van der Waals surface area contributed by atoms with Crippen molar-refractivity contribution in [1.82, 2.24) is 5.32 Å². The minimum absolute atomic E-state index is 0.206. The van der Waals surface area contributed by atoms with E-state index in [9.17, 15) is 0 Å². The van der Waals surface area contributed by atoms with Crippen LogP contribution in [0.5, 0.6) is 0 Å². The van der Waals surface area contributed by atoms with Crippen molar-refractivity contribution in [2.24, 2.45) is 17.8 Å². The highest BCUT2D eigenvalue weighted by Gasteiger charge is 2.41. The van der Waals surface area contributed by atoms with Gasteiger partial charge in [-0.1, -0.05) is 40.9 Å². The molecule has 1 aromatic carbocycles. The van der Waals surface area contributed by atoms with E-state index in [2.05, 4.69) is 12.2 Å². The Morgan fingerprint density at radius 2 is 1.65 bits per heavy atom. The Kier molecular flexibility index (Phi) is 4.52. The lowest BCUT2D eigenvalue weighted by Crippen LogP contribution is -2.28. The summed E-state index contributed by atoms with van der Waals surface area (Å²) >= 11 is 18.4. The molecule has 0 bridgehead atoms. The molecule has 0 aliphatic heterocycles. The zero-order valence-electron chi connectivity index (χ0n) is 11.6. The van der Waals surface area contributed by atoms with Crippen molar-refractivity contribution in [2.45, 2.75) is 38.6 Å². The highest BCUT2D eigenvalue weighted by molar-refractivity contribution is 6.48. The average molecular weight is 333 g/mol. The first kappa shape index (κ1) is 15.0. The van der Waals surface area contributed by atoms with Gasteiger partial charge in [-0.15, -0.1) is 0 Å². The Hall–Kier alpha value is 0.0500. The maximum Gasteiger partial charge on any atom is 0.0781 e. The first-order valence-electron chi connectivity index (χ1n) is 7.44. The zero-order valence-corrected chi connectivity index (χ0v) is 13.9. The molecule has 2 aliphatic rings. The van der Waals surface area contributed by atoms with Gasteiger partial charge in [0.2, 0.25) is 0 Å². The van der Waals surface area contributed by atoms with Crippen LogP contribution in [0.25, 0.3) is 0 Å². The Morgan fingerprint density at radius 3 is 2.20 bits per heavy atom. The van der Waals surface area contributed by atoms with Gasteiger partial charge in [-0.3, -0.25) is 0 Å². The molecule has 1 nitrogen and oxygen atoms in total. The summed E-state index contributed by atoms with van der Waals surface area (Å²) in [5, 5.41) is 5.19. The normalized spacial score (nSPS) is 20.4. The first-order valence-corrected chi connectivity index (χ1v) is 8.58. The number of halogens is 3. The molecule has 0 spiro atoms. The van der Waals surface area contributed by atoms with E-state index in [-0.39, 0.29) is 6.04 Å². The smallest absolute Gasteiger partial charge is 0.0781 e. The zero-order chi connectivity index (χ0) is 14.3. The molecule has 2 fully saturated rings. The molecule has 0 amide bonds. The van der Waals surface area contributed by atoms with Gasteiger partial charge in [0.05, 0.1) is 15.1 Å². The number of hydrogen-bond donors (Lipinski definition) is 1. The van der Waals surface area contributed by atoms with E-state index in [0.29, 0.717) is 15.1 Å². The summed E-state index contributed by atoms with van der Waals surface area (Å²) in [5.74, 6) is 2.79. The van der Waals surface area contributed by atoms with E-state index in [1.165, 1.54) is 25.7 Å². The van der Waals surface area contributed by atoms with Crippen molar-refractivity contribution >= 4 is 34.8 Å². The molecule has 0 radical (unpaired) electrons. The van der Waals surface area contributed by atoms with Crippen LogP contribution in [0.2, 0.25) is 15.1 Å². The van der Waals surface area contributed by atoms with Gasteiger partial charge in [-0.05, 0) is 68.5 Å². The van der Waals surface area contributed by atoms with E-state index in [0.717, 1.165) is 29.9 Å². The molecule has 3 rings (SSSR count). The fourth-order valence-corrected chi connectivity index (χ4v) is 3.77. The van der Waals surface area contributed by atoms with E-state index in [1.807, 2.05) is 12.1 Å². The fraction of sp³-hybridized carbons (Fsp3) is 0.625. The maximum absolute atomic E-state index is 6.30. The van der Waals surface area contributed by atoms with Crippen LogP contribution in [0.15, 0.2) is 12.1 Å². The molecule has 110 valence electrons. The van der Waals surface area contributed by atoms with Crippen molar-refractivity contribution in [3.05, 3.63) is 32.8 Å². The molecular formula is C16H20Cl3N. The Bertz CT molecular complexity index is 483. The Labute approximate surface area is 136 Å². The van der Waals surface area contributed by atoms with Gasteiger partial charge in [-0.2, -0.15) is 0 Å². The SMILES string of the molecule is CC(NCC(C1CC1)C1CC1)c1ccc(Cl)c(Cl)c1Cl. The van der Waals surface area contributed by atoms with E-state index >= 15 is 0 Å². The number of nitrogens with one attached hydrogen (secondary N) is 1. The third-order valence-corrected chi connectivity index (χ3v) is 5.95. The summed E-state index contributed by atoms with van der Waals surface area (Å²) in [7, 11) is 0. The van der Waals surface area contributed by atoms with Crippen molar-refractivity contribution in [3.63, 3.8) is 0 Å². The molecule has 2 aliphatic carbocycles. The number of rotatable bonds is 6. The van der Waals surface area contributed by atoms with Gasteiger partial charge in [0.15, 0.2) is 0 Å². The Morgan fingerprint density at radius 1 is 1.05 bits per heavy atom. The molecule has 1 unspecified atom stereocenters. The van der Waals surface area contributed by atoms with Crippen LogP contribution >= 0.6 is 34.8 Å². The second-order valence-corrected chi connectivity index (χ2v) is 7.40. The van der Waals surface area contributed by atoms with Crippen LogP contribution < -0.4 is 5.32 Å². The second kappa shape index (κ2) is 6.04. The summed E-state index contributed by atoms with van der Waals surface area (Å²) < 4.78 is 0. The van der Waals surface area contributed by atoms with E-state index in [4.69, 9.17) is 34.8 Å². The van der Waals surface area contributed by atoms with Crippen LogP contribution in [-0.4, -0.2) is 6.54 Å². The lowest BCUT2D eigenvalue weighted by Gasteiger charge is -2.22. The summed E-state index contributed by atoms with van der Waals surface area (Å²) in [5.41, 5.74) is 1.03. The predicted molar refractivity (Wildman–Crippen MR) is 86.8 cm³/mol. The van der Waals surface area contributed by atoms with Crippen molar-refractivity contribution < 1.29 is 0 Å². The molecule has 2 saturated carbocycles. The predicted octanol–water partition coefficient (Wildman–Crippen LogP) is 5.73. The third-order valence-electron chi connectivity index (χ3n) is 4.65. The quantitative estimate of drug-likeness (QED) is 0.656. The van der Waals surface area contributed by atoms with E-state index in [1.54, 1.807) is 0 Å². The van der Waals surface area contributed by atoms with Crippen molar-refractivity contribution in [1.29, 1.82) is 0 Å². The average Bonchev–Trinajstić information content (AvgIpc) is 3.28. The highest BCUT2D eigenvalue weighted by Crippen LogP contribution is 2.49. The molecule has 4 heteroatoms. The van der Waals surface area contributed by atoms with Gasteiger partial charge < -0.3 is 5.32 Å². The third kappa shape index (κ3) is 3.27. The van der Waals surface area contributed by atoms with E-state index < -0.39 is 0 Å². The fourth-order valence-electron chi connectivity index (χ4n) is 3.07. The Balaban J connectivity index is 1.63. The molecule has 1 aromatic rings. The standard InChI is InChI=1S/C16H20Cl3N/c1-9(12-6-7-14(17)16(19)15(12)18)20-8-13(10-2-3-10)11-4-5-11/h6-7,9-11,13,20H,2-5,8H2,1H3. The summed E-state index contributed by atoms with van der Waals surface area (Å²) in [6.07, 6.45) is 5.69. The number of hydrogen-bond acceptors (Lipinski definition) is 1. The largest absolute Gasteiger partial charge is 0.310 e.